The van der Waals surface area contributed by atoms with Crippen molar-refractivity contribution in [3.05, 3.63) is 23.8 Å². The van der Waals surface area contributed by atoms with Gasteiger partial charge in [-0.2, -0.15) is 0 Å². The highest BCUT2D eigenvalue weighted by Gasteiger charge is 2.31. The molecule has 0 aliphatic carbocycles. The van der Waals surface area contributed by atoms with E-state index in [-0.39, 0.29) is 18.7 Å². The van der Waals surface area contributed by atoms with Crippen LogP contribution < -0.4 is 14.8 Å². The van der Waals surface area contributed by atoms with Crippen LogP contribution in [-0.2, 0) is 0 Å². The van der Waals surface area contributed by atoms with Crippen LogP contribution in [0.2, 0.25) is 0 Å². The summed E-state index contributed by atoms with van der Waals surface area (Å²) < 4.78 is 10.5. The summed E-state index contributed by atoms with van der Waals surface area (Å²) >= 11 is 0. The molecular weight excluding hydrogens is 248 g/mol. The molecule has 1 aliphatic rings. The fraction of sp³-hybridized carbons (Fsp3) is 0.462. The molecule has 1 saturated heterocycles. The van der Waals surface area contributed by atoms with E-state index in [9.17, 15) is 4.79 Å². The van der Waals surface area contributed by atoms with Crippen molar-refractivity contribution in [3.8, 4) is 11.5 Å². The summed E-state index contributed by atoms with van der Waals surface area (Å²) in [5.74, 6) is 1.36. The van der Waals surface area contributed by atoms with E-state index in [1.54, 1.807) is 25.2 Å². The number of rotatable bonds is 5. The Morgan fingerprint density at radius 1 is 1.32 bits per heavy atom. The summed E-state index contributed by atoms with van der Waals surface area (Å²) in [6.07, 6.45) is 0. The lowest BCUT2D eigenvalue weighted by molar-refractivity contribution is 0.179. The molecule has 2 N–H and O–H groups in total. The summed E-state index contributed by atoms with van der Waals surface area (Å²) in [5.41, 5.74) is 0.919. The van der Waals surface area contributed by atoms with E-state index in [1.807, 2.05) is 12.1 Å². The van der Waals surface area contributed by atoms with Gasteiger partial charge in [0.25, 0.3) is 0 Å². The van der Waals surface area contributed by atoms with Crippen molar-refractivity contribution in [2.75, 3.05) is 33.9 Å². The Kier molecular flexibility index (Phi) is 4.11. The molecule has 1 aromatic carbocycles. The smallest absolute Gasteiger partial charge is 0.318 e. The molecule has 0 spiro atoms. The molecule has 19 heavy (non-hydrogen) atoms. The molecule has 0 aromatic heterocycles. The maximum atomic E-state index is 11.7. The molecular formula is C13H18N2O4. The van der Waals surface area contributed by atoms with Gasteiger partial charge in [-0.05, 0) is 17.7 Å². The van der Waals surface area contributed by atoms with Gasteiger partial charge < -0.3 is 24.8 Å². The Morgan fingerprint density at radius 3 is 2.47 bits per heavy atom. The lowest BCUT2D eigenvalue weighted by Crippen LogP contribution is -2.32. The second kappa shape index (κ2) is 5.79. The first-order valence-electron chi connectivity index (χ1n) is 6.08. The number of β-amino-alcohol motifs (C(OH)–C–C–N with tert-alkyl or cyclic N) is 1. The molecule has 2 rings (SSSR count). The summed E-state index contributed by atoms with van der Waals surface area (Å²) in [6.45, 7) is 0.746. The largest absolute Gasteiger partial charge is 0.497 e. The van der Waals surface area contributed by atoms with E-state index in [2.05, 4.69) is 5.32 Å². The second-order valence-electron chi connectivity index (χ2n) is 4.26. The molecule has 1 atom stereocenters. The fourth-order valence-electron chi connectivity index (χ4n) is 2.22. The Hall–Kier alpha value is -1.95. The first-order valence-corrected chi connectivity index (χ1v) is 6.08. The average molecular weight is 266 g/mol. The normalized spacial score (nSPS) is 18.4. The number of carbonyl (C=O) groups is 1. The van der Waals surface area contributed by atoms with Crippen molar-refractivity contribution in [2.45, 2.75) is 6.04 Å². The van der Waals surface area contributed by atoms with Crippen molar-refractivity contribution in [3.63, 3.8) is 0 Å². The third-order valence-corrected chi connectivity index (χ3v) is 3.18. The topological polar surface area (TPSA) is 71.0 Å². The molecule has 1 aromatic rings. The Bertz CT molecular complexity index is 442. The number of urea groups is 1. The number of hydrogen-bond acceptors (Lipinski definition) is 4. The molecule has 6 nitrogen and oxygen atoms in total. The minimum atomic E-state index is -0.166. The highest BCUT2D eigenvalue weighted by atomic mass is 16.5. The number of methoxy groups -OCH3 is 2. The van der Waals surface area contributed by atoms with Gasteiger partial charge in [-0.1, -0.05) is 0 Å². The molecule has 1 aliphatic heterocycles. The number of aliphatic hydroxyl groups is 1. The first kappa shape index (κ1) is 13.5. The summed E-state index contributed by atoms with van der Waals surface area (Å²) in [6, 6.07) is 5.24. The monoisotopic (exact) mass is 266 g/mol. The maximum absolute atomic E-state index is 11.7. The number of aliphatic hydroxyl groups excluding tert-OH is 1. The third kappa shape index (κ3) is 2.73. The second-order valence-corrected chi connectivity index (χ2v) is 4.26. The fourth-order valence-corrected chi connectivity index (χ4v) is 2.22. The van der Waals surface area contributed by atoms with Gasteiger partial charge in [0.15, 0.2) is 0 Å². The summed E-state index contributed by atoms with van der Waals surface area (Å²) in [4.78, 5) is 13.3. The van der Waals surface area contributed by atoms with Gasteiger partial charge in [0.2, 0.25) is 0 Å². The van der Waals surface area contributed by atoms with Crippen LogP contribution in [0, 0.1) is 0 Å². The van der Waals surface area contributed by atoms with Crippen LogP contribution in [0.25, 0.3) is 0 Å². The van der Waals surface area contributed by atoms with E-state index in [1.165, 1.54) is 0 Å². The highest BCUT2D eigenvalue weighted by molar-refractivity contribution is 5.77. The van der Waals surface area contributed by atoms with Crippen LogP contribution in [0.4, 0.5) is 4.79 Å². The Labute approximate surface area is 111 Å². The summed E-state index contributed by atoms with van der Waals surface area (Å²) in [5, 5.41) is 11.8. The van der Waals surface area contributed by atoms with Gasteiger partial charge in [-0.15, -0.1) is 0 Å². The Balaban J connectivity index is 2.31. The van der Waals surface area contributed by atoms with Crippen molar-refractivity contribution in [2.24, 2.45) is 0 Å². The molecule has 0 saturated carbocycles. The van der Waals surface area contributed by atoms with Crippen LogP contribution in [0.15, 0.2) is 18.2 Å². The lowest BCUT2D eigenvalue weighted by Gasteiger charge is -2.23. The van der Waals surface area contributed by atoms with Crippen LogP contribution in [0.5, 0.6) is 11.5 Å². The van der Waals surface area contributed by atoms with Crippen LogP contribution >= 0.6 is 0 Å². The van der Waals surface area contributed by atoms with E-state index in [0.29, 0.717) is 24.6 Å². The van der Waals surface area contributed by atoms with Crippen molar-refractivity contribution < 1.29 is 19.4 Å². The molecule has 1 unspecified atom stereocenters. The lowest BCUT2D eigenvalue weighted by atomic mass is 10.1. The molecule has 0 radical (unpaired) electrons. The van der Waals surface area contributed by atoms with Crippen molar-refractivity contribution in [1.29, 1.82) is 0 Å². The zero-order valence-corrected chi connectivity index (χ0v) is 11.0. The number of benzene rings is 1. The zero-order chi connectivity index (χ0) is 13.8. The average Bonchev–Trinajstić information content (AvgIpc) is 2.80. The van der Waals surface area contributed by atoms with E-state index >= 15 is 0 Å². The zero-order valence-electron chi connectivity index (χ0n) is 11.0. The number of nitrogens with zero attached hydrogens (tertiary/aromatic N) is 1. The molecule has 0 bridgehead atoms. The molecule has 1 fully saturated rings. The number of nitrogens with one attached hydrogen (secondary N) is 1. The minimum absolute atomic E-state index is 0.0645. The van der Waals surface area contributed by atoms with E-state index < -0.39 is 0 Å². The standard InChI is InChI=1S/C13H18N2O4/c1-18-10-5-9(6-11(7-10)19-2)12-8-14-13(17)15(12)3-4-16/h5-7,12,16H,3-4,8H2,1-2H3,(H,14,17). The van der Waals surface area contributed by atoms with Gasteiger partial charge in [-0.3, -0.25) is 0 Å². The highest BCUT2D eigenvalue weighted by Crippen LogP contribution is 2.31. The third-order valence-electron chi connectivity index (χ3n) is 3.18. The van der Waals surface area contributed by atoms with Gasteiger partial charge in [-0.25, -0.2) is 4.79 Å². The minimum Gasteiger partial charge on any atom is -0.497 e. The van der Waals surface area contributed by atoms with Crippen molar-refractivity contribution in [1.82, 2.24) is 10.2 Å². The van der Waals surface area contributed by atoms with Gasteiger partial charge in [0.05, 0.1) is 26.9 Å². The molecule has 6 heteroatoms. The number of amides is 2. The Morgan fingerprint density at radius 2 is 1.95 bits per heavy atom. The number of carbonyl (C=O) groups excluding carboxylic acids is 1. The SMILES string of the molecule is COc1cc(OC)cc(C2CNC(=O)N2CCO)c1. The van der Waals surface area contributed by atoms with Crippen LogP contribution in [0.1, 0.15) is 11.6 Å². The van der Waals surface area contributed by atoms with Crippen molar-refractivity contribution >= 4 is 6.03 Å². The van der Waals surface area contributed by atoms with E-state index in [4.69, 9.17) is 14.6 Å². The van der Waals surface area contributed by atoms with Gasteiger partial charge >= 0.3 is 6.03 Å². The molecule has 104 valence electrons. The first-order chi connectivity index (χ1) is 9.19. The molecule has 1 heterocycles. The molecule has 2 amide bonds. The van der Waals surface area contributed by atoms with Gasteiger partial charge in [0, 0.05) is 19.2 Å². The predicted molar refractivity (Wildman–Crippen MR) is 69.5 cm³/mol. The van der Waals surface area contributed by atoms with Crippen LogP contribution in [0.3, 0.4) is 0 Å². The summed E-state index contributed by atoms with van der Waals surface area (Å²) in [7, 11) is 3.17. The van der Waals surface area contributed by atoms with Crippen LogP contribution in [-0.4, -0.2) is 50.0 Å². The quantitative estimate of drug-likeness (QED) is 0.825. The number of ether oxygens (including phenoxy) is 2. The number of hydrogen-bond donors (Lipinski definition) is 2. The maximum Gasteiger partial charge on any atom is 0.318 e. The van der Waals surface area contributed by atoms with E-state index in [0.717, 1.165) is 5.56 Å². The predicted octanol–water partition coefficient (Wildman–Crippen LogP) is 0.762. The van der Waals surface area contributed by atoms with Gasteiger partial charge in [0.1, 0.15) is 11.5 Å².